The Morgan fingerprint density at radius 3 is 2.67 bits per heavy atom. The minimum Gasteiger partial charge on any atom is -0.493 e. The van der Waals surface area contributed by atoms with E-state index in [4.69, 9.17) is 9.47 Å². The van der Waals surface area contributed by atoms with Gasteiger partial charge in [0.15, 0.2) is 16.3 Å². The van der Waals surface area contributed by atoms with Gasteiger partial charge in [0.2, 0.25) is 0 Å². The van der Waals surface area contributed by atoms with Crippen molar-refractivity contribution in [3.63, 3.8) is 0 Å². The minimum atomic E-state index is -0.715. The molecule has 0 aliphatic rings. The number of carbonyl (C=O) groups is 1. The summed E-state index contributed by atoms with van der Waals surface area (Å²) in [7, 11) is 3.17. The number of nitro benzene ring substituents is 1. The first-order chi connectivity index (χ1) is 13.0. The number of aromatic nitrogens is 1. The summed E-state index contributed by atoms with van der Waals surface area (Å²) in [5, 5.41) is 11.4. The van der Waals surface area contributed by atoms with Gasteiger partial charge >= 0.3 is 0 Å². The van der Waals surface area contributed by atoms with Gasteiger partial charge < -0.3 is 14.0 Å². The fourth-order valence-electron chi connectivity index (χ4n) is 2.63. The number of fused-ring (bicyclic) bond motifs is 1. The Morgan fingerprint density at radius 1 is 1.30 bits per heavy atom. The van der Waals surface area contributed by atoms with Gasteiger partial charge in [-0.3, -0.25) is 14.9 Å². The van der Waals surface area contributed by atoms with E-state index in [-0.39, 0.29) is 22.7 Å². The van der Waals surface area contributed by atoms with Gasteiger partial charge in [-0.1, -0.05) is 23.5 Å². The van der Waals surface area contributed by atoms with Crippen molar-refractivity contribution in [2.45, 2.75) is 6.92 Å². The predicted molar refractivity (Wildman–Crippen MR) is 102 cm³/mol. The van der Waals surface area contributed by atoms with Crippen molar-refractivity contribution in [1.82, 2.24) is 4.57 Å². The fourth-order valence-corrected chi connectivity index (χ4v) is 3.65. The van der Waals surface area contributed by atoms with Crippen molar-refractivity contribution >= 4 is 33.1 Å². The van der Waals surface area contributed by atoms with E-state index in [2.05, 4.69) is 4.99 Å². The molecule has 0 unspecified atom stereocenters. The van der Waals surface area contributed by atoms with E-state index in [0.29, 0.717) is 11.4 Å². The van der Waals surface area contributed by atoms with Gasteiger partial charge in [-0.05, 0) is 19.1 Å². The number of nitro groups is 1. The van der Waals surface area contributed by atoms with E-state index in [1.165, 1.54) is 30.6 Å². The number of hydrogen-bond donors (Lipinski definition) is 0. The molecule has 3 aromatic rings. The topological polar surface area (TPSA) is 96.0 Å². The number of aryl methyl sites for hydroxylation is 1. The quantitative estimate of drug-likeness (QED) is 0.494. The molecule has 0 bridgehead atoms. The zero-order valence-corrected chi connectivity index (χ0v) is 15.8. The average Bonchev–Trinajstić information content (AvgIpc) is 2.97. The monoisotopic (exact) mass is 387 g/mol. The number of hydrogen-bond acceptors (Lipinski definition) is 6. The predicted octanol–water partition coefficient (Wildman–Crippen LogP) is 3.30. The van der Waals surface area contributed by atoms with E-state index in [1.807, 2.05) is 24.3 Å². The molecular weight excluding hydrogens is 370 g/mol. The lowest BCUT2D eigenvalue weighted by Gasteiger charge is -2.10. The first-order valence-electron chi connectivity index (χ1n) is 8.09. The molecule has 0 radical (unpaired) electrons. The van der Waals surface area contributed by atoms with Gasteiger partial charge in [0.25, 0.3) is 11.6 Å². The summed E-state index contributed by atoms with van der Waals surface area (Å²) < 4.78 is 13.3. The molecule has 0 aliphatic carbocycles. The molecule has 0 spiro atoms. The molecule has 140 valence electrons. The van der Waals surface area contributed by atoms with Crippen LogP contribution in [0.15, 0.2) is 41.4 Å². The molecule has 0 aliphatic heterocycles. The van der Waals surface area contributed by atoms with Gasteiger partial charge in [0, 0.05) is 13.1 Å². The SMILES string of the molecule is CCOc1cc(C(=O)N=c2sc3ccccc3n2C)c([N+](=O)[O-])cc1OC. The third-order valence-electron chi connectivity index (χ3n) is 3.92. The van der Waals surface area contributed by atoms with E-state index in [9.17, 15) is 14.9 Å². The third kappa shape index (κ3) is 3.54. The van der Waals surface area contributed by atoms with Crippen LogP contribution in [0, 0.1) is 10.1 Å². The highest BCUT2D eigenvalue weighted by Crippen LogP contribution is 2.35. The van der Waals surface area contributed by atoms with Crippen molar-refractivity contribution in [1.29, 1.82) is 0 Å². The molecule has 1 amide bonds. The Labute approximate surface area is 158 Å². The highest BCUT2D eigenvalue weighted by molar-refractivity contribution is 7.16. The van der Waals surface area contributed by atoms with Gasteiger partial charge in [-0.2, -0.15) is 4.99 Å². The van der Waals surface area contributed by atoms with E-state index < -0.39 is 10.8 Å². The molecule has 27 heavy (non-hydrogen) atoms. The summed E-state index contributed by atoms with van der Waals surface area (Å²) >= 11 is 1.33. The van der Waals surface area contributed by atoms with Gasteiger partial charge in [0.05, 0.1) is 34.9 Å². The van der Waals surface area contributed by atoms with Crippen LogP contribution in [0.2, 0.25) is 0 Å². The van der Waals surface area contributed by atoms with Gasteiger partial charge in [0.1, 0.15) is 5.56 Å². The number of para-hydroxylation sites is 1. The zero-order valence-electron chi connectivity index (χ0n) is 15.0. The molecule has 3 rings (SSSR count). The number of carbonyl (C=O) groups excluding carboxylic acids is 1. The second kappa shape index (κ2) is 7.58. The number of amides is 1. The minimum absolute atomic E-state index is 0.151. The number of thiazole rings is 1. The molecule has 1 heterocycles. The third-order valence-corrected chi connectivity index (χ3v) is 5.03. The fraction of sp³-hybridized carbons (Fsp3) is 0.222. The van der Waals surface area contributed by atoms with E-state index in [0.717, 1.165) is 10.2 Å². The summed E-state index contributed by atoms with van der Waals surface area (Å²) in [6, 6.07) is 10.1. The Hall–Kier alpha value is -3.20. The van der Waals surface area contributed by atoms with Crippen LogP contribution in [0.4, 0.5) is 5.69 Å². The Morgan fingerprint density at radius 2 is 2.04 bits per heavy atom. The molecule has 8 nitrogen and oxygen atoms in total. The molecule has 0 saturated heterocycles. The molecular formula is C18H17N3O5S. The second-order valence-corrected chi connectivity index (χ2v) is 6.55. The van der Waals surface area contributed by atoms with Crippen LogP contribution >= 0.6 is 11.3 Å². The van der Waals surface area contributed by atoms with Crippen LogP contribution in [-0.2, 0) is 7.05 Å². The Bertz CT molecular complexity index is 1100. The Balaban J connectivity index is 2.16. The maximum Gasteiger partial charge on any atom is 0.286 e. The lowest BCUT2D eigenvalue weighted by Crippen LogP contribution is -2.14. The van der Waals surface area contributed by atoms with Crippen LogP contribution in [-0.4, -0.2) is 29.1 Å². The van der Waals surface area contributed by atoms with Crippen molar-refractivity contribution < 1.29 is 19.2 Å². The lowest BCUT2D eigenvalue weighted by molar-refractivity contribution is -0.385. The second-order valence-electron chi connectivity index (χ2n) is 5.54. The van der Waals surface area contributed by atoms with Crippen molar-refractivity contribution in [3.05, 3.63) is 56.9 Å². The normalized spacial score (nSPS) is 11.6. The largest absolute Gasteiger partial charge is 0.493 e. The highest BCUT2D eigenvalue weighted by Gasteiger charge is 2.24. The maximum atomic E-state index is 12.8. The molecule has 2 aromatic carbocycles. The molecule has 0 atom stereocenters. The first-order valence-corrected chi connectivity index (χ1v) is 8.90. The number of benzene rings is 2. The lowest BCUT2D eigenvalue weighted by atomic mass is 10.1. The molecule has 0 N–H and O–H groups in total. The molecule has 1 aromatic heterocycles. The van der Waals surface area contributed by atoms with E-state index >= 15 is 0 Å². The summed E-state index contributed by atoms with van der Waals surface area (Å²) in [5.74, 6) is -0.273. The summed E-state index contributed by atoms with van der Waals surface area (Å²) in [6.45, 7) is 2.09. The van der Waals surface area contributed by atoms with Crippen molar-refractivity contribution in [3.8, 4) is 11.5 Å². The molecule has 9 heteroatoms. The van der Waals surface area contributed by atoms with Crippen molar-refractivity contribution in [2.75, 3.05) is 13.7 Å². The van der Waals surface area contributed by atoms with E-state index in [1.54, 1.807) is 18.5 Å². The first kappa shape index (κ1) is 18.6. The number of ether oxygens (including phenoxy) is 2. The highest BCUT2D eigenvalue weighted by atomic mass is 32.1. The number of nitrogens with zero attached hydrogens (tertiary/aromatic N) is 3. The van der Waals surface area contributed by atoms with Crippen LogP contribution < -0.4 is 14.3 Å². The average molecular weight is 387 g/mol. The van der Waals surface area contributed by atoms with Crippen LogP contribution in [0.25, 0.3) is 10.2 Å². The van der Waals surface area contributed by atoms with Gasteiger partial charge in [-0.15, -0.1) is 0 Å². The number of methoxy groups -OCH3 is 1. The summed E-state index contributed by atoms with van der Waals surface area (Å²) in [4.78, 5) is 28.1. The molecule has 0 saturated carbocycles. The summed E-state index contributed by atoms with van der Waals surface area (Å²) in [6.07, 6.45) is 0. The van der Waals surface area contributed by atoms with Crippen molar-refractivity contribution in [2.24, 2.45) is 12.0 Å². The number of rotatable bonds is 5. The maximum absolute atomic E-state index is 12.8. The smallest absolute Gasteiger partial charge is 0.286 e. The van der Waals surface area contributed by atoms with Crippen LogP contribution in [0.5, 0.6) is 11.5 Å². The van der Waals surface area contributed by atoms with Crippen LogP contribution in [0.3, 0.4) is 0 Å². The summed E-state index contributed by atoms with van der Waals surface area (Å²) in [5.41, 5.74) is 0.391. The standard InChI is InChI=1S/C18H17N3O5S/c1-4-26-15-9-11(13(21(23)24)10-14(15)25-3)17(22)19-18-20(2)12-7-5-6-8-16(12)27-18/h5-10H,4H2,1-3H3. The van der Waals surface area contributed by atoms with Crippen LogP contribution in [0.1, 0.15) is 17.3 Å². The zero-order chi connectivity index (χ0) is 19.6. The van der Waals surface area contributed by atoms with Gasteiger partial charge in [-0.25, -0.2) is 0 Å². The Kier molecular flexibility index (Phi) is 5.22. The molecule has 0 fully saturated rings.